The molecule has 0 aliphatic heterocycles. The topological polar surface area (TPSA) is 29.9 Å². The van der Waals surface area contributed by atoms with E-state index in [9.17, 15) is 0 Å². The molecule has 120 valence electrons. The van der Waals surface area contributed by atoms with Crippen LogP contribution in [-0.2, 0) is 6.54 Å². The molecule has 1 N–H and O–H groups in total. The number of hydrogen-bond acceptors (Lipinski definition) is 2. The van der Waals surface area contributed by atoms with E-state index in [0.717, 1.165) is 24.8 Å². The Kier molecular flexibility index (Phi) is 5.48. The largest absolute Gasteiger partial charge is 0.311 e. The maximum atomic E-state index is 4.50. The first-order valence-corrected chi connectivity index (χ1v) is 8.66. The van der Waals surface area contributed by atoms with Gasteiger partial charge in [0, 0.05) is 12.7 Å². The van der Waals surface area contributed by atoms with E-state index >= 15 is 0 Å². The lowest BCUT2D eigenvalue weighted by molar-refractivity contribution is 0.132. The molecule has 0 bridgehead atoms. The van der Waals surface area contributed by atoms with Gasteiger partial charge in [0.05, 0.1) is 11.7 Å². The maximum Gasteiger partial charge on any atom is 0.0556 e. The first kappa shape index (κ1) is 16.5. The summed E-state index contributed by atoms with van der Waals surface area (Å²) in [6.07, 6.45) is 8.51. The van der Waals surface area contributed by atoms with Gasteiger partial charge in [-0.25, -0.2) is 0 Å². The molecule has 3 heteroatoms. The molecular weight excluding hydrogens is 258 g/mol. The molecule has 1 aliphatic rings. The van der Waals surface area contributed by atoms with E-state index in [1.807, 2.05) is 6.20 Å². The summed E-state index contributed by atoms with van der Waals surface area (Å²) < 4.78 is 2.19. The van der Waals surface area contributed by atoms with Crippen molar-refractivity contribution in [3.05, 3.63) is 18.0 Å². The Morgan fingerprint density at radius 2 is 1.95 bits per heavy atom. The zero-order chi connectivity index (χ0) is 15.5. The van der Waals surface area contributed by atoms with Crippen molar-refractivity contribution in [2.75, 3.05) is 7.05 Å². The Morgan fingerprint density at radius 3 is 2.48 bits per heavy atom. The molecule has 1 aromatic heterocycles. The standard InChI is InChI=1S/C18H33N3/c1-6-13-21-16(11-12-20-21)17(19-5)14-7-9-15(10-8-14)18(2,3)4/h11-12,14-15,17,19H,6-10,13H2,1-5H3. The highest BCUT2D eigenvalue weighted by molar-refractivity contribution is 5.09. The Labute approximate surface area is 130 Å². The summed E-state index contributed by atoms with van der Waals surface area (Å²) in [5.41, 5.74) is 1.84. The van der Waals surface area contributed by atoms with E-state index in [2.05, 4.69) is 55.9 Å². The molecule has 1 fully saturated rings. The number of rotatable bonds is 5. The van der Waals surface area contributed by atoms with E-state index < -0.39 is 0 Å². The predicted octanol–water partition coefficient (Wildman–Crippen LogP) is 4.41. The Bertz CT molecular complexity index is 422. The SMILES string of the molecule is CCCn1nccc1C(NC)C1CCC(C(C)(C)C)CC1. The minimum absolute atomic E-state index is 0.458. The third-order valence-electron chi connectivity index (χ3n) is 5.28. The van der Waals surface area contributed by atoms with Gasteiger partial charge < -0.3 is 5.32 Å². The van der Waals surface area contributed by atoms with Gasteiger partial charge in [0.15, 0.2) is 0 Å². The monoisotopic (exact) mass is 291 g/mol. The fraction of sp³-hybridized carbons (Fsp3) is 0.833. The van der Waals surface area contributed by atoms with Gasteiger partial charge in [-0.05, 0) is 62.5 Å². The first-order valence-electron chi connectivity index (χ1n) is 8.66. The molecule has 1 aromatic rings. The normalized spacial score (nSPS) is 25.0. The van der Waals surface area contributed by atoms with Crippen molar-refractivity contribution >= 4 is 0 Å². The highest BCUT2D eigenvalue weighted by atomic mass is 15.3. The predicted molar refractivity (Wildman–Crippen MR) is 89.2 cm³/mol. The Morgan fingerprint density at radius 1 is 1.29 bits per heavy atom. The Hall–Kier alpha value is -0.830. The van der Waals surface area contributed by atoms with Gasteiger partial charge in [0.2, 0.25) is 0 Å². The third-order valence-corrected chi connectivity index (χ3v) is 5.28. The van der Waals surface area contributed by atoms with Crippen LogP contribution in [0.15, 0.2) is 12.3 Å². The molecular formula is C18H33N3. The number of aromatic nitrogens is 2. The molecule has 2 rings (SSSR count). The summed E-state index contributed by atoms with van der Waals surface area (Å²) in [6.45, 7) is 10.4. The van der Waals surface area contributed by atoms with Crippen molar-refractivity contribution in [2.45, 2.75) is 72.4 Å². The molecule has 0 spiro atoms. The van der Waals surface area contributed by atoms with Gasteiger partial charge in [0.25, 0.3) is 0 Å². The van der Waals surface area contributed by atoms with Crippen molar-refractivity contribution in [1.82, 2.24) is 15.1 Å². The second kappa shape index (κ2) is 6.95. The van der Waals surface area contributed by atoms with E-state index in [-0.39, 0.29) is 0 Å². The molecule has 1 heterocycles. The molecule has 0 saturated heterocycles. The van der Waals surface area contributed by atoms with Crippen LogP contribution in [-0.4, -0.2) is 16.8 Å². The number of nitrogens with zero attached hydrogens (tertiary/aromatic N) is 2. The van der Waals surface area contributed by atoms with Crippen molar-refractivity contribution in [1.29, 1.82) is 0 Å². The van der Waals surface area contributed by atoms with Crippen LogP contribution in [0.25, 0.3) is 0 Å². The average Bonchev–Trinajstić information content (AvgIpc) is 2.88. The van der Waals surface area contributed by atoms with Crippen LogP contribution in [0.1, 0.15) is 71.5 Å². The van der Waals surface area contributed by atoms with Gasteiger partial charge in [-0.3, -0.25) is 4.68 Å². The molecule has 0 radical (unpaired) electrons. The minimum atomic E-state index is 0.458. The zero-order valence-electron chi connectivity index (χ0n) is 14.5. The molecule has 1 unspecified atom stereocenters. The quantitative estimate of drug-likeness (QED) is 0.871. The van der Waals surface area contributed by atoms with E-state index in [1.165, 1.54) is 31.4 Å². The highest BCUT2D eigenvalue weighted by Crippen LogP contribution is 2.43. The van der Waals surface area contributed by atoms with E-state index in [1.54, 1.807) is 0 Å². The summed E-state index contributed by atoms with van der Waals surface area (Å²) in [5, 5.41) is 8.07. The highest BCUT2D eigenvalue weighted by Gasteiger charge is 2.33. The number of aryl methyl sites for hydroxylation is 1. The molecule has 1 aliphatic carbocycles. The molecule has 0 amide bonds. The van der Waals surface area contributed by atoms with Crippen LogP contribution in [0.3, 0.4) is 0 Å². The fourth-order valence-electron chi connectivity index (χ4n) is 3.95. The van der Waals surface area contributed by atoms with Crippen LogP contribution in [0, 0.1) is 17.3 Å². The zero-order valence-corrected chi connectivity index (χ0v) is 14.5. The van der Waals surface area contributed by atoms with Gasteiger partial charge in [-0.1, -0.05) is 27.7 Å². The fourth-order valence-corrected chi connectivity index (χ4v) is 3.95. The second-order valence-corrected chi connectivity index (χ2v) is 7.72. The van der Waals surface area contributed by atoms with Gasteiger partial charge in [0.1, 0.15) is 0 Å². The average molecular weight is 291 g/mol. The summed E-state index contributed by atoms with van der Waals surface area (Å²) in [5.74, 6) is 1.63. The second-order valence-electron chi connectivity index (χ2n) is 7.72. The molecule has 0 aromatic carbocycles. The van der Waals surface area contributed by atoms with Crippen LogP contribution >= 0.6 is 0 Å². The number of nitrogens with one attached hydrogen (secondary N) is 1. The maximum absolute atomic E-state index is 4.50. The van der Waals surface area contributed by atoms with E-state index in [0.29, 0.717) is 11.5 Å². The smallest absolute Gasteiger partial charge is 0.0556 e. The lowest BCUT2D eigenvalue weighted by atomic mass is 9.68. The van der Waals surface area contributed by atoms with Crippen molar-refractivity contribution in [2.24, 2.45) is 17.3 Å². The van der Waals surface area contributed by atoms with Crippen LogP contribution in [0.2, 0.25) is 0 Å². The third kappa shape index (κ3) is 3.88. The summed E-state index contributed by atoms with van der Waals surface area (Å²) in [6, 6.07) is 2.66. The lowest BCUT2D eigenvalue weighted by Crippen LogP contribution is -2.33. The van der Waals surface area contributed by atoms with E-state index in [4.69, 9.17) is 0 Å². The van der Waals surface area contributed by atoms with Gasteiger partial charge >= 0.3 is 0 Å². The van der Waals surface area contributed by atoms with Crippen LogP contribution < -0.4 is 5.32 Å². The summed E-state index contributed by atoms with van der Waals surface area (Å²) >= 11 is 0. The number of hydrogen-bond donors (Lipinski definition) is 1. The van der Waals surface area contributed by atoms with Crippen LogP contribution in [0.5, 0.6) is 0 Å². The van der Waals surface area contributed by atoms with Gasteiger partial charge in [-0.2, -0.15) is 5.10 Å². The summed E-state index contributed by atoms with van der Waals surface area (Å²) in [4.78, 5) is 0. The molecule has 1 atom stereocenters. The molecule has 3 nitrogen and oxygen atoms in total. The Balaban J connectivity index is 2.04. The van der Waals surface area contributed by atoms with Gasteiger partial charge in [-0.15, -0.1) is 0 Å². The first-order chi connectivity index (χ1) is 9.97. The molecule has 1 saturated carbocycles. The van der Waals surface area contributed by atoms with Crippen molar-refractivity contribution < 1.29 is 0 Å². The summed E-state index contributed by atoms with van der Waals surface area (Å²) in [7, 11) is 2.10. The molecule has 21 heavy (non-hydrogen) atoms. The van der Waals surface area contributed by atoms with Crippen molar-refractivity contribution in [3.63, 3.8) is 0 Å². The lowest BCUT2D eigenvalue weighted by Gasteiger charge is -2.39. The minimum Gasteiger partial charge on any atom is -0.311 e. The van der Waals surface area contributed by atoms with Crippen LogP contribution in [0.4, 0.5) is 0 Å². The van der Waals surface area contributed by atoms with Crippen molar-refractivity contribution in [3.8, 4) is 0 Å².